The zero-order chi connectivity index (χ0) is 14.5. The molecule has 1 saturated carbocycles. The van der Waals surface area contributed by atoms with Crippen molar-refractivity contribution in [2.24, 2.45) is 11.8 Å². The van der Waals surface area contributed by atoms with Gasteiger partial charge in [-0.2, -0.15) is 5.26 Å². The number of nitriles is 1. The highest BCUT2D eigenvalue weighted by molar-refractivity contribution is 4.94. The van der Waals surface area contributed by atoms with Gasteiger partial charge in [-0.25, -0.2) is 0 Å². The molecule has 2 rings (SSSR count). The van der Waals surface area contributed by atoms with Gasteiger partial charge < -0.3 is 0 Å². The molecule has 1 heterocycles. The largest absolute Gasteiger partial charge is 0.298 e. The van der Waals surface area contributed by atoms with Crippen LogP contribution in [0.3, 0.4) is 0 Å². The maximum Gasteiger partial charge on any atom is 0.0978 e. The summed E-state index contributed by atoms with van der Waals surface area (Å²) < 4.78 is 0. The van der Waals surface area contributed by atoms with Gasteiger partial charge in [0.15, 0.2) is 0 Å². The van der Waals surface area contributed by atoms with Gasteiger partial charge in [0.25, 0.3) is 0 Å². The average Bonchev–Trinajstić information content (AvgIpc) is 2.48. The third kappa shape index (κ3) is 3.74. The van der Waals surface area contributed by atoms with E-state index in [0.717, 1.165) is 56.9 Å². The molecule has 114 valence electrons. The Kier molecular flexibility index (Phi) is 5.86. The first-order chi connectivity index (χ1) is 9.65. The molecule has 0 spiro atoms. The van der Waals surface area contributed by atoms with Gasteiger partial charge in [0.1, 0.15) is 0 Å². The molecule has 1 aliphatic carbocycles. The Labute approximate surface area is 124 Å². The van der Waals surface area contributed by atoms with Crippen molar-refractivity contribution < 1.29 is 0 Å². The monoisotopic (exact) mass is 277 g/mol. The molecule has 1 aliphatic heterocycles. The number of hydrogen-bond acceptors (Lipinski definition) is 3. The zero-order valence-corrected chi connectivity index (χ0v) is 13.5. The molecular weight excluding hydrogens is 246 g/mol. The first-order valence-corrected chi connectivity index (χ1v) is 8.53. The van der Waals surface area contributed by atoms with E-state index in [1.54, 1.807) is 0 Å². The molecule has 3 nitrogen and oxygen atoms in total. The van der Waals surface area contributed by atoms with E-state index < -0.39 is 0 Å². The summed E-state index contributed by atoms with van der Waals surface area (Å²) in [5.74, 6) is 1.78. The summed E-state index contributed by atoms with van der Waals surface area (Å²) in [4.78, 5) is 5.09. The van der Waals surface area contributed by atoms with Crippen LogP contribution in [0.1, 0.15) is 52.9 Å². The van der Waals surface area contributed by atoms with E-state index in [2.05, 4.69) is 36.6 Å². The molecular formula is C17H31N3. The topological polar surface area (TPSA) is 30.3 Å². The first kappa shape index (κ1) is 15.8. The van der Waals surface area contributed by atoms with E-state index in [0.29, 0.717) is 0 Å². The fourth-order valence-corrected chi connectivity index (χ4v) is 3.87. The van der Waals surface area contributed by atoms with Crippen molar-refractivity contribution in [1.82, 2.24) is 9.80 Å². The van der Waals surface area contributed by atoms with E-state index in [-0.39, 0.29) is 6.04 Å². The molecule has 20 heavy (non-hydrogen) atoms. The highest BCUT2D eigenvalue weighted by atomic mass is 15.3. The first-order valence-electron chi connectivity index (χ1n) is 8.53. The lowest BCUT2D eigenvalue weighted by atomic mass is 9.78. The number of rotatable bonds is 4. The summed E-state index contributed by atoms with van der Waals surface area (Å²) in [7, 11) is 0. The minimum Gasteiger partial charge on any atom is -0.298 e. The Bertz CT molecular complexity index is 328. The van der Waals surface area contributed by atoms with Crippen molar-refractivity contribution in [1.29, 1.82) is 5.26 Å². The summed E-state index contributed by atoms with van der Waals surface area (Å²) in [5.41, 5.74) is 0. The standard InChI is InChI=1S/C17H31N3/c1-4-5-17(13-18)20-10-8-19(9-11-20)16-7-6-14(2)15(3)12-16/h14-17H,4-12H2,1-3H3. The predicted molar refractivity (Wildman–Crippen MR) is 83.4 cm³/mol. The van der Waals surface area contributed by atoms with Gasteiger partial charge in [-0.3, -0.25) is 9.80 Å². The van der Waals surface area contributed by atoms with Crippen molar-refractivity contribution in [2.75, 3.05) is 26.2 Å². The van der Waals surface area contributed by atoms with Crippen LogP contribution in [0.5, 0.6) is 0 Å². The molecule has 4 unspecified atom stereocenters. The maximum absolute atomic E-state index is 9.28. The third-order valence-electron chi connectivity index (χ3n) is 5.59. The Morgan fingerprint density at radius 1 is 1.10 bits per heavy atom. The molecule has 0 aromatic heterocycles. The van der Waals surface area contributed by atoms with Gasteiger partial charge in [-0.15, -0.1) is 0 Å². The SMILES string of the molecule is CCCC(C#N)N1CCN(C2CCC(C)C(C)C2)CC1. The van der Waals surface area contributed by atoms with Gasteiger partial charge in [0.05, 0.1) is 12.1 Å². The van der Waals surface area contributed by atoms with Gasteiger partial charge >= 0.3 is 0 Å². The molecule has 0 amide bonds. The van der Waals surface area contributed by atoms with Crippen LogP contribution in [0.2, 0.25) is 0 Å². The second kappa shape index (κ2) is 7.43. The molecule has 2 aliphatic rings. The molecule has 0 aromatic rings. The van der Waals surface area contributed by atoms with Gasteiger partial charge in [0.2, 0.25) is 0 Å². The molecule has 4 atom stereocenters. The lowest BCUT2D eigenvalue weighted by Gasteiger charge is -2.44. The Morgan fingerprint density at radius 2 is 1.80 bits per heavy atom. The van der Waals surface area contributed by atoms with Crippen LogP contribution in [0.25, 0.3) is 0 Å². The van der Waals surface area contributed by atoms with Crippen LogP contribution < -0.4 is 0 Å². The average molecular weight is 277 g/mol. The van der Waals surface area contributed by atoms with Gasteiger partial charge in [-0.1, -0.05) is 27.2 Å². The van der Waals surface area contributed by atoms with Crippen molar-refractivity contribution in [2.45, 2.75) is 65.0 Å². The smallest absolute Gasteiger partial charge is 0.0978 e. The molecule has 0 radical (unpaired) electrons. The van der Waals surface area contributed by atoms with E-state index in [4.69, 9.17) is 0 Å². The van der Waals surface area contributed by atoms with Crippen LogP contribution in [0, 0.1) is 23.2 Å². The number of nitrogens with zero attached hydrogens (tertiary/aromatic N) is 3. The molecule has 1 saturated heterocycles. The Hall–Kier alpha value is -0.590. The summed E-state index contributed by atoms with van der Waals surface area (Å²) in [5, 5.41) is 9.28. The molecule has 2 fully saturated rings. The lowest BCUT2D eigenvalue weighted by Crippen LogP contribution is -2.54. The molecule has 0 N–H and O–H groups in total. The van der Waals surface area contributed by atoms with Crippen LogP contribution in [-0.2, 0) is 0 Å². The number of hydrogen-bond donors (Lipinski definition) is 0. The fourth-order valence-electron chi connectivity index (χ4n) is 3.87. The van der Waals surface area contributed by atoms with Crippen LogP contribution in [-0.4, -0.2) is 48.1 Å². The Balaban J connectivity index is 1.81. The Morgan fingerprint density at radius 3 is 2.35 bits per heavy atom. The second-order valence-electron chi connectivity index (χ2n) is 6.93. The maximum atomic E-state index is 9.28. The van der Waals surface area contributed by atoms with Crippen molar-refractivity contribution >= 4 is 0 Å². The van der Waals surface area contributed by atoms with E-state index in [9.17, 15) is 5.26 Å². The van der Waals surface area contributed by atoms with Crippen LogP contribution in [0.4, 0.5) is 0 Å². The normalized spacial score (nSPS) is 34.6. The van der Waals surface area contributed by atoms with Crippen LogP contribution in [0.15, 0.2) is 0 Å². The highest BCUT2D eigenvalue weighted by Crippen LogP contribution is 2.32. The van der Waals surface area contributed by atoms with E-state index >= 15 is 0 Å². The fraction of sp³-hybridized carbons (Fsp3) is 0.941. The lowest BCUT2D eigenvalue weighted by molar-refractivity contribution is 0.0475. The quantitative estimate of drug-likeness (QED) is 0.791. The molecule has 3 heteroatoms. The zero-order valence-electron chi connectivity index (χ0n) is 13.5. The predicted octanol–water partition coefficient (Wildman–Crippen LogP) is 3.12. The van der Waals surface area contributed by atoms with Gasteiger partial charge in [-0.05, 0) is 37.5 Å². The van der Waals surface area contributed by atoms with Gasteiger partial charge in [0, 0.05) is 32.2 Å². The summed E-state index contributed by atoms with van der Waals surface area (Å²) in [6, 6.07) is 3.43. The summed E-state index contributed by atoms with van der Waals surface area (Å²) in [6.45, 7) is 11.5. The minimum absolute atomic E-state index is 0.146. The minimum atomic E-state index is 0.146. The summed E-state index contributed by atoms with van der Waals surface area (Å²) >= 11 is 0. The highest BCUT2D eigenvalue weighted by Gasteiger charge is 2.31. The molecule has 0 bridgehead atoms. The van der Waals surface area contributed by atoms with Crippen molar-refractivity contribution in [3.05, 3.63) is 0 Å². The third-order valence-corrected chi connectivity index (χ3v) is 5.59. The second-order valence-corrected chi connectivity index (χ2v) is 6.93. The number of piperazine rings is 1. The van der Waals surface area contributed by atoms with E-state index in [1.807, 2.05) is 0 Å². The van der Waals surface area contributed by atoms with Crippen LogP contribution >= 0.6 is 0 Å². The molecule has 0 aromatic carbocycles. The summed E-state index contributed by atoms with van der Waals surface area (Å²) in [6.07, 6.45) is 6.27. The van der Waals surface area contributed by atoms with Crippen molar-refractivity contribution in [3.63, 3.8) is 0 Å². The van der Waals surface area contributed by atoms with Crippen molar-refractivity contribution in [3.8, 4) is 6.07 Å². The van der Waals surface area contributed by atoms with E-state index in [1.165, 1.54) is 19.3 Å².